The predicted octanol–water partition coefficient (Wildman–Crippen LogP) is 3.76. The molecule has 0 rings (SSSR count). The van der Waals surface area contributed by atoms with E-state index in [0.29, 0.717) is 5.38 Å². The summed E-state index contributed by atoms with van der Waals surface area (Å²) in [5.41, 5.74) is 0. The molecule has 0 aromatic rings. The van der Waals surface area contributed by atoms with Gasteiger partial charge in [-0.1, -0.05) is 27.4 Å². The fourth-order valence-corrected chi connectivity index (χ4v) is 3.53. The van der Waals surface area contributed by atoms with Gasteiger partial charge in [-0.3, -0.25) is 0 Å². The van der Waals surface area contributed by atoms with E-state index in [-0.39, 0.29) is 5.04 Å². The van der Waals surface area contributed by atoms with E-state index in [1.54, 1.807) is 0 Å². The van der Waals surface area contributed by atoms with E-state index < -0.39 is 15.7 Å². The summed E-state index contributed by atoms with van der Waals surface area (Å²) in [5.74, 6) is 0. The molecule has 0 radical (unpaired) electrons. The van der Waals surface area contributed by atoms with Crippen LogP contribution in [-0.4, -0.2) is 15.7 Å². The van der Waals surface area contributed by atoms with Gasteiger partial charge in [0.1, 0.15) is 0 Å². The van der Waals surface area contributed by atoms with E-state index in [1.165, 1.54) is 0 Å². The number of hydrogen-bond donors (Lipinski definition) is 0. The molecule has 13 heavy (non-hydrogen) atoms. The molecule has 0 aliphatic heterocycles. The SMILES string of the molecule is C=C(O[Si](C)(C)C(C)(C)C)[SiH](Cl)Cl. The van der Waals surface area contributed by atoms with Crippen LogP contribution in [-0.2, 0) is 4.43 Å². The van der Waals surface area contributed by atoms with Crippen molar-refractivity contribution >= 4 is 37.9 Å². The maximum Gasteiger partial charge on any atom is 0.301 e. The summed E-state index contributed by atoms with van der Waals surface area (Å²) in [6.45, 7) is 14.6. The first kappa shape index (κ1) is 13.6. The molecule has 78 valence electrons. The normalized spacial score (nSPS) is 13.2. The van der Waals surface area contributed by atoms with Crippen molar-refractivity contribution in [1.29, 1.82) is 0 Å². The van der Waals surface area contributed by atoms with Gasteiger partial charge >= 0.3 is 7.42 Å². The summed E-state index contributed by atoms with van der Waals surface area (Å²) in [5, 5.41) is 0.780. The molecule has 0 saturated carbocycles. The summed E-state index contributed by atoms with van der Waals surface area (Å²) >= 11 is 11.6. The molecule has 0 spiro atoms. The molecule has 0 aromatic heterocycles. The van der Waals surface area contributed by atoms with E-state index in [1.807, 2.05) is 0 Å². The molecule has 0 aliphatic carbocycles. The van der Waals surface area contributed by atoms with E-state index >= 15 is 0 Å². The van der Waals surface area contributed by atoms with Crippen LogP contribution in [0.2, 0.25) is 18.1 Å². The Morgan fingerprint density at radius 1 is 1.31 bits per heavy atom. The highest BCUT2D eigenvalue weighted by Crippen LogP contribution is 2.38. The highest BCUT2D eigenvalue weighted by molar-refractivity contribution is 7.36. The van der Waals surface area contributed by atoms with Crippen LogP contribution in [0.25, 0.3) is 0 Å². The fraction of sp³-hybridized carbons (Fsp3) is 0.750. The third-order valence-corrected chi connectivity index (χ3v) is 9.12. The van der Waals surface area contributed by atoms with Crippen LogP contribution in [0, 0.1) is 0 Å². The largest absolute Gasteiger partial charge is 0.548 e. The average molecular weight is 257 g/mol. The van der Waals surface area contributed by atoms with Crippen LogP contribution in [0.4, 0.5) is 0 Å². The van der Waals surface area contributed by atoms with E-state index in [9.17, 15) is 0 Å². The van der Waals surface area contributed by atoms with Crippen molar-refractivity contribution in [2.24, 2.45) is 0 Å². The molecule has 0 atom stereocenters. The van der Waals surface area contributed by atoms with Crippen molar-refractivity contribution in [1.82, 2.24) is 0 Å². The Hall–Kier alpha value is 0.554. The lowest BCUT2D eigenvalue weighted by Gasteiger charge is -2.37. The van der Waals surface area contributed by atoms with Gasteiger partial charge in [0.05, 0.1) is 5.38 Å². The first-order valence-electron chi connectivity index (χ1n) is 4.24. The Balaban J connectivity index is 4.44. The Morgan fingerprint density at radius 3 is 1.92 bits per heavy atom. The van der Waals surface area contributed by atoms with Crippen LogP contribution >= 0.6 is 22.2 Å². The molecule has 0 aromatic carbocycles. The zero-order chi connectivity index (χ0) is 10.9. The maximum atomic E-state index is 5.81. The van der Waals surface area contributed by atoms with Crippen LogP contribution in [0.5, 0.6) is 0 Å². The summed E-state index contributed by atoms with van der Waals surface area (Å²) in [4.78, 5) is 0. The van der Waals surface area contributed by atoms with Crippen molar-refractivity contribution in [2.45, 2.75) is 38.9 Å². The van der Waals surface area contributed by atoms with Crippen LogP contribution in [0.15, 0.2) is 12.0 Å². The number of rotatable bonds is 3. The molecule has 0 bridgehead atoms. The monoisotopic (exact) mass is 256 g/mol. The highest BCUT2D eigenvalue weighted by atomic mass is 35.7. The summed E-state index contributed by atoms with van der Waals surface area (Å²) in [6, 6.07) is 0. The van der Waals surface area contributed by atoms with Crippen molar-refractivity contribution in [3.63, 3.8) is 0 Å². The van der Waals surface area contributed by atoms with Gasteiger partial charge in [-0.05, 0) is 18.1 Å². The predicted molar refractivity (Wildman–Crippen MR) is 66.3 cm³/mol. The molecule has 0 saturated heterocycles. The Bertz CT molecular complexity index is 197. The zero-order valence-electron chi connectivity index (χ0n) is 8.95. The van der Waals surface area contributed by atoms with Crippen LogP contribution in [0.1, 0.15) is 20.8 Å². The van der Waals surface area contributed by atoms with Gasteiger partial charge in [0.25, 0.3) is 0 Å². The van der Waals surface area contributed by atoms with Crippen LogP contribution < -0.4 is 0 Å². The summed E-state index contributed by atoms with van der Waals surface area (Å²) in [7, 11) is -3.64. The smallest absolute Gasteiger partial charge is 0.301 e. The molecule has 0 heterocycles. The topological polar surface area (TPSA) is 9.23 Å². The average Bonchev–Trinajstić information content (AvgIpc) is 1.83. The second-order valence-corrected chi connectivity index (χ2v) is 13.9. The van der Waals surface area contributed by atoms with Gasteiger partial charge in [-0.2, -0.15) is 0 Å². The minimum absolute atomic E-state index is 0.174. The third-order valence-electron chi connectivity index (χ3n) is 2.44. The van der Waals surface area contributed by atoms with E-state index in [4.69, 9.17) is 26.6 Å². The van der Waals surface area contributed by atoms with Crippen molar-refractivity contribution in [2.75, 3.05) is 0 Å². The number of halogens is 2. The minimum Gasteiger partial charge on any atom is -0.548 e. The molecule has 1 nitrogen and oxygen atoms in total. The van der Waals surface area contributed by atoms with Gasteiger partial charge in [-0.25, -0.2) is 0 Å². The van der Waals surface area contributed by atoms with E-state index in [0.717, 1.165) is 0 Å². The van der Waals surface area contributed by atoms with Crippen molar-refractivity contribution in [3.05, 3.63) is 12.0 Å². The molecular weight excluding hydrogens is 239 g/mol. The first-order valence-corrected chi connectivity index (χ1v) is 11.2. The number of hydrogen-bond acceptors (Lipinski definition) is 1. The molecule has 0 N–H and O–H groups in total. The minimum atomic E-state index is -1.87. The van der Waals surface area contributed by atoms with Crippen LogP contribution in [0.3, 0.4) is 0 Å². The van der Waals surface area contributed by atoms with Gasteiger partial charge in [-0.15, -0.1) is 22.2 Å². The standard InChI is InChI=1S/C8H18Cl2OSi2/c1-7(12(9)10)11-13(5,6)8(2,3)4/h12H,1H2,2-6H3. The molecule has 0 amide bonds. The van der Waals surface area contributed by atoms with E-state index in [2.05, 4.69) is 40.4 Å². The lowest BCUT2D eigenvalue weighted by atomic mass is 10.2. The lowest BCUT2D eigenvalue weighted by Crippen LogP contribution is -2.41. The third kappa shape index (κ3) is 4.06. The molecule has 0 aliphatic rings. The molecule has 0 unspecified atom stereocenters. The summed E-state index contributed by atoms with van der Waals surface area (Å²) in [6.07, 6.45) is 0. The molecule has 5 heteroatoms. The van der Waals surface area contributed by atoms with Gasteiger partial charge in [0.2, 0.25) is 8.32 Å². The summed E-state index contributed by atoms with van der Waals surface area (Å²) < 4.78 is 5.81. The zero-order valence-corrected chi connectivity index (χ0v) is 12.6. The highest BCUT2D eigenvalue weighted by Gasteiger charge is 2.39. The van der Waals surface area contributed by atoms with Gasteiger partial charge in [0.15, 0.2) is 0 Å². The van der Waals surface area contributed by atoms with Gasteiger partial charge in [0, 0.05) is 0 Å². The first-order chi connectivity index (χ1) is 5.58. The second-order valence-electron chi connectivity index (χ2n) is 4.63. The lowest BCUT2D eigenvalue weighted by molar-refractivity contribution is 0.415. The Labute approximate surface area is 93.2 Å². The quantitative estimate of drug-likeness (QED) is 0.425. The van der Waals surface area contributed by atoms with Crippen molar-refractivity contribution in [3.8, 4) is 0 Å². The second kappa shape index (κ2) is 4.38. The Kier molecular flexibility index (Phi) is 4.57. The Morgan fingerprint density at radius 2 is 1.69 bits per heavy atom. The van der Waals surface area contributed by atoms with Crippen molar-refractivity contribution < 1.29 is 4.43 Å². The maximum absolute atomic E-state index is 5.81. The van der Waals surface area contributed by atoms with Gasteiger partial charge < -0.3 is 4.43 Å². The fourth-order valence-electron chi connectivity index (χ4n) is 0.525. The molecule has 0 fully saturated rings. The molecular formula is C8H18Cl2OSi2.